The van der Waals surface area contributed by atoms with Gasteiger partial charge in [0.1, 0.15) is 23.7 Å². The van der Waals surface area contributed by atoms with Gasteiger partial charge in [0.05, 0.1) is 12.8 Å². The highest BCUT2D eigenvalue weighted by Gasteiger charge is 2.12. The molecule has 0 aliphatic rings. The minimum Gasteiger partial charge on any atom is -0.508 e. The minimum atomic E-state index is 0.312. The first-order valence-corrected chi connectivity index (χ1v) is 7.50. The molecule has 1 heterocycles. The molecule has 1 aromatic heterocycles. The number of benzene rings is 2. The van der Waals surface area contributed by atoms with Crippen LogP contribution in [0, 0.1) is 6.92 Å². The normalized spacial score (nSPS) is 10.7. The molecule has 0 saturated carbocycles. The molecule has 0 fully saturated rings. The van der Waals surface area contributed by atoms with Crippen LogP contribution in [0.5, 0.6) is 11.5 Å². The van der Waals surface area contributed by atoms with Crippen molar-refractivity contribution in [2.24, 2.45) is 0 Å². The first-order valence-electron chi connectivity index (χ1n) is 7.50. The topological polar surface area (TPSA) is 60.2 Å². The smallest absolute Gasteiger partial charge is 0.142 e. The quantitative estimate of drug-likeness (QED) is 0.787. The predicted octanol–water partition coefficient (Wildman–Crippen LogP) is 3.08. The van der Waals surface area contributed by atoms with E-state index in [9.17, 15) is 5.11 Å². The molecule has 118 valence electrons. The first kappa shape index (κ1) is 15.1. The lowest BCUT2D eigenvalue weighted by Crippen LogP contribution is -2.04. The maximum absolute atomic E-state index is 9.88. The number of hydrogen-bond acceptors (Lipinski definition) is 4. The summed E-state index contributed by atoms with van der Waals surface area (Å²) >= 11 is 0. The molecule has 0 amide bonds. The molecule has 5 heteroatoms. The van der Waals surface area contributed by atoms with E-state index < -0.39 is 0 Å². The molecular weight excluding hydrogens is 290 g/mol. The fourth-order valence-corrected chi connectivity index (χ4v) is 2.59. The summed E-state index contributed by atoms with van der Waals surface area (Å²) in [6, 6.07) is 13.4. The Morgan fingerprint density at radius 2 is 1.96 bits per heavy atom. The number of aromatic nitrogens is 3. The summed E-state index contributed by atoms with van der Waals surface area (Å²) in [7, 11) is 1.65. The summed E-state index contributed by atoms with van der Waals surface area (Å²) in [5.74, 6) is 1.92. The molecule has 3 rings (SSSR count). The molecule has 0 aliphatic carbocycles. The second-order valence-corrected chi connectivity index (χ2v) is 5.42. The summed E-state index contributed by atoms with van der Waals surface area (Å²) in [6.07, 6.45) is 3.06. The zero-order valence-electron chi connectivity index (χ0n) is 13.2. The van der Waals surface area contributed by atoms with Crippen LogP contribution in [-0.4, -0.2) is 27.0 Å². The number of ether oxygens (including phenoxy) is 1. The van der Waals surface area contributed by atoms with Crippen molar-refractivity contribution < 1.29 is 9.84 Å². The SMILES string of the molecule is COc1ccc(C)cc1-n1cnnc1CCc1ccccc1O. The Bertz CT molecular complexity index is 812. The molecular formula is C18H19N3O2. The van der Waals surface area contributed by atoms with Crippen molar-refractivity contribution in [1.82, 2.24) is 14.8 Å². The van der Waals surface area contributed by atoms with E-state index in [0.717, 1.165) is 28.4 Å². The van der Waals surface area contributed by atoms with Crippen LogP contribution in [0.3, 0.4) is 0 Å². The van der Waals surface area contributed by atoms with Crippen LogP contribution in [0.25, 0.3) is 5.69 Å². The van der Waals surface area contributed by atoms with Gasteiger partial charge in [0.2, 0.25) is 0 Å². The lowest BCUT2D eigenvalue weighted by molar-refractivity contribution is 0.412. The van der Waals surface area contributed by atoms with Gasteiger partial charge in [0.25, 0.3) is 0 Å². The highest BCUT2D eigenvalue weighted by molar-refractivity contribution is 5.49. The largest absolute Gasteiger partial charge is 0.508 e. The molecule has 3 aromatic rings. The average Bonchev–Trinajstić information content (AvgIpc) is 3.02. The van der Waals surface area contributed by atoms with Gasteiger partial charge in [-0.15, -0.1) is 10.2 Å². The van der Waals surface area contributed by atoms with Crippen LogP contribution in [0.2, 0.25) is 0 Å². The van der Waals surface area contributed by atoms with Crippen LogP contribution >= 0.6 is 0 Å². The highest BCUT2D eigenvalue weighted by Crippen LogP contribution is 2.25. The molecule has 0 aliphatic heterocycles. The van der Waals surface area contributed by atoms with Crippen molar-refractivity contribution in [1.29, 1.82) is 0 Å². The van der Waals surface area contributed by atoms with Gasteiger partial charge in [0, 0.05) is 6.42 Å². The number of phenols is 1. The number of phenolic OH excluding ortho intramolecular Hbond substituents is 1. The van der Waals surface area contributed by atoms with Gasteiger partial charge in [-0.25, -0.2) is 0 Å². The summed E-state index contributed by atoms with van der Waals surface area (Å²) < 4.78 is 7.38. The third kappa shape index (κ3) is 3.18. The Labute approximate surface area is 135 Å². The number of hydrogen-bond donors (Lipinski definition) is 1. The molecule has 0 unspecified atom stereocenters. The van der Waals surface area contributed by atoms with Gasteiger partial charge < -0.3 is 9.84 Å². The lowest BCUT2D eigenvalue weighted by Gasteiger charge is -2.12. The predicted molar refractivity (Wildman–Crippen MR) is 88.2 cm³/mol. The second-order valence-electron chi connectivity index (χ2n) is 5.42. The van der Waals surface area contributed by atoms with E-state index in [4.69, 9.17) is 4.74 Å². The number of aromatic hydroxyl groups is 1. The van der Waals surface area contributed by atoms with E-state index >= 15 is 0 Å². The fourth-order valence-electron chi connectivity index (χ4n) is 2.59. The Balaban J connectivity index is 1.88. The molecule has 0 bridgehead atoms. The summed E-state index contributed by atoms with van der Waals surface area (Å²) in [5, 5.41) is 18.1. The first-order chi connectivity index (χ1) is 11.2. The van der Waals surface area contributed by atoms with E-state index in [1.54, 1.807) is 19.5 Å². The van der Waals surface area contributed by atoms with Gasteiger partial charge in [-0.05, 0) is 42.7 Å². The molecule has 0 spiro atoms. The van der Waals surface area contributed by atoms with Gasteiger partial charge in [-0.3, -0.25) is 4.57 Å². The van der Waals surface area contributed by atoms with E-state index in [1.807, 2.05) is 47.9 Å². The maximum Gasteiger partial charge on any atom is 0.142 e. The number of rotatable bonds is 5. The highest BCUT2D eigenvalue weighted by atomic mass is 16.5. The monoisotopic (exact) mass is 309 g/mol. The van der Waals surface area contributed by atoms with Crippen molar-refractivity contribution >= 4 is 0 Å². The van der Waals surface area contributed by atoms with Crippen LogP contribution < -0.4 is 4.74 Å². The van der Waals surface area contributed by atoms with Crippen LogP contribution in [0.4, 0.5) is 0 Å². The molecule has 0 atom stereocenters. The Hall–Kier alpha value is -2.82. The van der Waals surface area contributed by atoms with Crippen LogP contribution in [0.1, 0.15) is 17.0 Å². The summed E-state index contributed by atoms with van der Waals surface area (Å²) in [6.45, 7) is 2.04. The van der Waals surface area contributed by atoms with E-state index in [2.05, 4.69) is 10.2 Å². The fraction of sp³-hybridized carbons (Fsp3) is 0.222. The van der Waals surface area contributed by atoms with E-state index in [0.29, 0.717) is 18.6 Å². The second kappa shape index (κ2) is 6.52. The van der Waals surface area contributed by atoms with Crippen molar-refractivity contribution in [2.75, 3.05) is 7.11 Å². The molecule has 0 saturated heterocycles. The van der Waals surface area contributed by atoms with Crippen molar-refractivity contribution in [3.05, 3.63) is 65.7 Å². The Kier molecular flexibility index (Phi) is 4.28. The zero-order chi connectivity index (χ0) is 16.2. The number of methoxy groups -OCH3 is 1. The lowest BCUT2D eigenvalue weighted by atomic mass is 10.1. The maximum atomic E-state index is 9.88. The van der Waals surface area contributed by atoms with Gasteiger partial charge in [-0.1, -0.05) is 24.3 Å². The van der Waals surface area contributed by atoms with Gasteiger partial charge >= 0.3 is 0 Å². The van der Waals surface area contributed by atoms with Gasteiger partial charge in [0.15, 0.2) is 0 Å². The summed E-state index contributed by atoms with van der Waals surface area (Å²) in [5.41, 5.74) is 2.96. The number of para-hydroxylation sites is 1. The Morgan fingerprint density at radius 1 is 1.13 bits per heavy atom. The number of nitrogens with zero attached hydrogens (tertiary/aromatic N) is 3. The van der Waals surface area contributed by atoms with Gasteiger partial charge in [-0.2, -0.15) is 0 Å². The minimum absolute atomic E-state index is 0.312. The van der Waals surface area contributed by atoms with Crippen LogP contribution in [0.15, 0.2) is 48.8 Å². The molecule has 5 nitrogen and oxygen atoms in total. The van der Waals surface area contributed by atoms with Crippen molar-refractivity contribution in [2.45, 2.75) is 19.8 Å². The molecule has 1 N–H and O–H groups in total. The summed E-state index contributed by atoms with van der Waals surface area (Å²) in [4.78, 5) is 0. The van der Waals surface area contributed by atoms with Crippen LogP contribution in [-0.2, 0) is 12.8 Å². The molecule has 0 radical (unpaired) electrons. The molecule has 2 aromatic carbocycles. The molecule has 23 heavy (non-hydrogen) atoms. The zero-order valence-corrected chi connectivity index (χ0v) is 13.2. The third-order valence-electron chi connectivity index (χ3n) is 3.82. The van der Waals surface area contributed by atoms with E-state index in [1.165, 1.54) is 0 Å². The van der Waals surface area contributed by atoms with Crippen molar-refractivity contribution in [3.8, 4) is 17.2 Å². The standard InChI is InChI=1S/C18H19N3O2/c1-13-7-9-17(23-2)15(11-13)21-12-19-20-18(21)10-8-14-5-3-4-6-16(14)22/h3-7,9,11-12,22H,8,10H2,1-2H3. The average molecular weight is 309 g/mol. The Morgan fingerprint density at radius 3 is 2.74 bits per heavy atom. The van der Waals surface area contributed by atoms with E-state index in [-0.39, 0.29) is 0 Å². The third-order valence-corrected chi connectivity index (χ3v) is 3.82. The number of aryl methyl sites for hydroxylation is 3. The van der Waals surface area contributed by atoms with Crippen molar-refractivity contribution in [3.63, 3.8) is 0 Å².